The highest BCUT2D eigenvalue weighted by molar-refractivity contribution is 7.87. The van der Waals surface area contributed by atoms with Crippen molar-refractivity contribution in [3.05, 3.63) is 12.1 Å². The average Bonchev–Trinajstić information content (AvgIpc) is 2.67. The van der Waals surface area contributed by atoms with Gasteiger partial charge in [-0.2, -0.15) is 8.42 Å². The first-order valence-corrected chi connectivity index (χ1v) is 6.05. The van der Waals surface area contributed by atoms with Crippen LogP contribution < -0.4 is 5.32 Å². The number of hydrogen-bond donors (Lipinski definition) is 4. The third-order valence-corrected chi connectivity index (χ3v) is 4.00. The molecule has 2 rings (SSSR count). The molecule has 10 heteroatoms. The van der Waals surface area contributed by atoms with Crippen LogP contribution in [-0.2, 0) is 24.6 Å². The smallest absolute Gasteiger partial charge is 0.299 e. The summed E-state index contributed by atoms with van der Waals surface area (Å²) < 4.78 is 32.3. The standard InChI is InChI=1S/C8H8N2O7S/c11-4-3-8(7(14)9-4,18(15,16)17)10-5(12)1-2-6(10)13/h1-2,12-13H,3H2,(H,9,11,14)(H,15,16,17). The largest absolute Gasteiger partial charge is 0.494 e. The summed E-state index contributed by atoms with van der Waals surface area (Å²) in [6.07, 6.45) is -0.944. The molecule has 0 aromatic carbocycles. The van der Waals surface area contributed by atoms with Crippen LogP contribution in [0.15, 0.2) is 12.1 Å². The van der Waals surface area contributed by atoms with Crippen molar-refractivity contribution in [3.63, 3.8) is 0 Å². The van der Waals surface area contributed by atoms with Gasteiger partial charge in [-0.05, 0) is 0 Å². The first kappa shape index (κ1) is 12.4. The van der Waals surface area contributed by atoms with E-state index >= 15 is 0 Å². The van der Waals surface area contributed by atoms with Crippen molar-refractivity contribution in [1.82, 2.24) is 9.88 Å². The highest BCUT2D eigenvalue weighted by Crippen LogP contribution is 2.39. The summed E-state index contributed by atoms with van der Waals surface area (Å²) in [4.78, 5) is 20.0. The molecule has 1 saturated heterocycles. The van der Waals surface area contributed by atoms with Gasteiger partial charge in [0.25, 0.3) is 20.9 Å². The minimum Gasteiger partial charge on any atom is -0.494 e. The van der Waals surface area contributed by atoms with Crippen molar-refractivity contribution in [2.75, 3.05) is 0 Å². The molecule has 2 heterocycles. The average molecular weight is 276 g/mol. The van der Waals surface area contributed by atoms with Crippen LogP contribution in [0.1, 0.15) is 6.42 Å². The molecular formula is C8H8N2O7S. The van der Waals surface area contributed by atoms with E-state index in [4.69, 9.17) is 0 Å². The van der Waals surface area contributed by atoms with Gasteiger partial charge in [0.05, 0.1) is 6.42 Å². The predicted octanol–water partition coefficient (Wildman–Crippen LogP) is -1.51. The van der Waals surface area contributed by atoms with E-state index in [1.165, 1.54) is 0 Å². The summed E-state index contributed by atoms with van der Waals surface area (Å²) >= 11 is 0. The molecule has 9 nitrogen and oxygen atoms in total. The number of imide groups is 1. The van der Waals surface area contributed by atoms with Crippen LogP contribution in [0.3, 0.4) is 0 Å². The van der Waals surface area contributed by atoms with Crippen LogP contribution in [0.2, 0.25) is 0 Å². The second kappa shape index (κ2) is 3.46. The highest BCUT2D eigenvalue weighted by Gasteiger charge is 2.60. The van der Waals surface area contributed by atoms with E-state index in [2.05, 4.69) is 0 Å². The number of aromatic hydroxyl groups is 2. The van der Waals surface area contributed by atoms with Gasteiger partial charge >= 0.3 is 0 Å². The molecule has 2 amide bonds. The normalized spacial score (nSPS) is 24.3. The van der Waals surface area contributed by atoms with Crippen LogP contribution >= 0.6 is 0 Å². The highest BCUT2D eigenvalue weighted by atomic mass is 32.2. The molecule has 98 valence electrons. The lowest BCUT2D eigenvalue weighted by atomic mass is 10.2. The lowest BCUT2D eigenvalue weighted by Crippen LogP contribution is -2.47. The lowest BCUT2D eigenvalue weighted by Gasteiger charge is -2.24. The van der Waals surface area contributed by atoms with E-state index in [0.29, 0.717) is 0 Å². The summed E-state index contributed by atoms with van der Waals surface area (Å²) in [5, 5.41) is 20.6. The van der Waals surface area contributed by atoms with Crippen molar-refractivity contribution in [2.45, 2.75) is 11.3 Å². The SMILES string of the molecule is O=C1CC(n2c(O)ccc2O)(S(=O)(=O)O)C(=O)N1. The number of nitrogens with one attached hydrogen (secondary N) is 1. The second-order valence-corrected chi connectivity index (χ2v) is 5.32. The van der Waals surface area contributed by atoms with E-state index in [9.17, 15) is 32.8 Å². The Balaban J connectivity index is 2.81. The summed E-state index contributed by atoms with van der Waals surface area (Å²) in [5.74, 6) is -3.87. The minimum atomic E-state index is -5.10. The van der Waals surface area contributed by atoms with E-state index in [1.54, 1.807) is 5.32 Å². The van der Waals surface area contributed by atoms with Gasteiger partial charge in [-0.1, -0.05) is 0 Å². The fourth-order valence-electron chi connectivity index (χ4n) is 1.86. The summed E-state index contributed by atoms with van der Waals surface area (Å²) in [6, 6.07) is 1.83. The maximum Gasteiger partial charge on any atom is 0.299 e. The number of rotatable bonds is 2. The Morgan fingerprint density at radius 3 is 2.06 bits per heavy atom. The molecule has 4 N–H and O–H groups in total. The van der Waals surface area contributed by atoms with Crippen molar-refractivity contribution < 1.29 is 32.8 Å². The molecule has 0 spiro atoms. The Hall–Kier alpha value is -2.07. The molecule has 1 unspecified atom stereocenters. The zero-order valence-corrected chi connectivity index (χ0v) is 9.51. The zero-order valence-electron chi connectivity index (χ0n) is 8.69. The van der Waals surface area contributed by atoms with E-state index < -0.39 is 45.0 Å². The molecule has 1 fully saturated rings. The Bertz CT molecular complexity index is 627. The molecule has 0 saturated carbocycles. The number of hydrogen-bond acceptors (Lipinski definition) is 6. The lowest BCUT2D eigenvalue weighted by molar-refractivity contribution is -0.126. The third kappa shape index (κ3) is 1.39. The van der Waals surface area contributed by atoms with Crippen LogP contribution in [0.4, 0.5) is 0 Å². The predicted molar refractivity (Wildman–Crippen MR) is 55.1 cm³/mol. The molecule has 0 aliphatic carbocycles. The van der Waals surface area contributed by atoms with Crippen LogP contribution in [0, 0.1) is 0 Å². The van der Waals surface area contributed by atoms with Gasteiger partial charge in [0.1, 0.15) is 0 Å². The molecule has 1 aromatic rings. The van der Waals surface area contributed by atoms with Gasteiger partial charge in [-0.15, -0.1) is 0 Å². The van der Waals surface area contributed by atoms with Crippen molar-refractivity contribution >= 4 is 21.9 Å². The van der Waals surface area contributed by atoms with Gasteiger partial charge in [0.15, 0.2) is 11.8 Å². The quantitative estimate of drug-likeness (QED) is 0.379. The summed E-state index contributed by atoms with van der Waals surface area (Å²) in [5.41, 5.74) is 0. The van der Waals surface area contributed by atoms with Crippen LogP contribution in [0.25, 0.3) is 0 Å². The maximum atomic E-state index is 11.6. The monoisotopic (exact) mass is 276 g/mol. The van der Waals surface area contributed by atoms with Crippen LogP contribution in [-0.4, -0.2) is 39.6 Å². The topological polar surface area (TPSA) is 146 Å². The number of nitrogens with zero attached hydrogens (tertiary/aromatic N) is 1. The van der Waals surface area contributed by atoms with Gasteiger partial charge in [0.2, 0.25) is 5.91 Å². The molecule has 1 aliphatic rings. The van der Waals surface area contributed by atoms with Crippen molar-refractivity contribution in [2.24, 2.45) is 0 Å². The summed E-state index contributed by atoms with van der Waals surface area (Å²) in [7, 11) is -5.10. The molecule has 0 bridgehead atoms. The van der Waals surface area contributed by atoms with Gasteiger partial charge < -0.3 is 10.2 Å². The molecule has 1 aromatic heterocycles. The van der Waals surface area contributed by atoms with E-state index in [-0.39, 0.29) is 4.57 Å². The van der Waals surface area contributed by atoms with Gasteiger partial charge in [-0.3, -0.25) is 24.0 Å². The number of amides is 2. The Kier molecular flexibility index (Phi) is 2.38. The number of aromatic nitrogens is 1. The molecule has 1 aliphatic heterocycles. The Labute approximate surface area is 100 Å². The van der Waals surface area contributed by atoms with Crippen molar-refractivity contribution in [3.8, 4) is 11.8 Å². The third-order valence-electron chi connectivity index (χ3n) is 2.64. The molecule has 18 heavy (non-hydrogen) atoms. The molecule has 0 radical (unpaired) electrons. The minimum absolute atomic E-state index is 0.280. The fraction of sp³-hybridized carbons (Fsp3) is 0.250. The first-order valence-electron chi connectivity index (χ1n) is 4.61. The van der Waals surface area contributed by atoms with E-state index in [1.807, 2.05) is 0 Å². The number of carbonyl (C=O) groups is 2. The molecule has 1 atom stereocenters. The fourth-order valence-corrected chi connectivity index (χ4v) is 2.87. The summed E-state index contributed by atoms with van der Waals surface area (Å²) in [6.45, 7) is 0. The second-order valence-electron chi connectivity index (χ2n) is 3.70. The maximum absolute atomic E-state index is 11.6. The van der Waals surface area contributed by atoms with Gasteiger partial charge in [0, 0.05) is 12.1 Å². The Morgan fingerprint density at radius 2 is 1.72 bits per heavy atom. The first-order chi connectivity index (χ1) is 8.20. The Morgan fingerprint density at radius 1 is 1.22 bits per heavy atom. The zero-order chi connectivity index (χ0) is 13.7. The number of carbonyl (C=O) groups excluding carboxylic acids is 2. The van der Waals surface area contributed by atoms with E-state index in [0.717, 1.165) is 12.1 Å². The van der Waals surface area contributed by atoms with Gasteiger partial charge in [-0.25, -0.2) is 0 Å². The van der Waals surface area contributed by atoms with Crippen LogP contribution in [0.5, 0.6) is 11.8 Å². The van der Waals surface area contributed by atoms with Crippen molar-refractivity contribution in [1.29, 1.82) is 0 Å². The molecular weight excluding hydrogens is 268 g/mol.